The highest BCUT2D eigenvalue weighted by molar-refractivity contribution is 9.10. The lowest BCUT2D eigenvalue weighted by atomic mass is 10.2. The lowest BCUT2D eigenvalue weighted by molar-refractivity contribution is 0.102. The van der Waals surface area contributed by atoms with Gasteiger partial charge in [0, 0.05) is 4.47 Å². The van der Waals surface area contributed by atoms with E-state index in [4.69, 9.17) is 0 Å². The number of nitrogens with one attached hydrogen (secondary N) is 1. The number of rotatable bonds is 2. The van der Waals surface area contributed by atoms with Gasteiger partial charge >= 0.3 is 0 Å². The van der Waals surface area contributed by atoms with E-state index in [-0.39, 0.29) is 5.91 Å². The van der Waals surface area contributed by atoms with Crippen molar-refractivity contribution in [3.63, 3.8) is 0 Å². The molecule has 0 spiro atoms. The topological polar surface area (TPSA) is 42.0 Å². The molecule has 5 heteroatoms. The van der Waals surface area contributed by atoms with E-state index >= 15 is 0 Å². The fourth-order valence-electron chi connectivity index (χ4n) is 1.31. The number of carbonyl (C=O) groups excluding carboxylic acids is 1. The van der Waals surface area contributed by atoms with E-state index in [0.717, 1.165) is 4.47 Å². The summed E-state index contributed by atoms with van der Waals surface area (Å²) in [5.41, 5.74) is 0.578. The number of carbonyl (C=O) groups is 1. The Morgan fingerprint density at radius 1 is 1.06 bits per heavy atom. The summed E-state index contributed by atoms with van der Waals surface area (Å²) in [6, 6.07) is 12.6. The molecule has 17 heavy (non-hydrogen) atoms. The summed E-state index contributed by atoms with van der Waals surface area (Å²) >= 11 is 6.59. The van der Waals surface area contributed by atoms with Crippen LogP contribution in [0.1, 0.15) is 10.4 Å². The van der Waals surface area contributed by atoms with Crippen molar-refractivity contribution in [2.24, 2.45) is 0 Å². The second kappa shape index (κ2) is 5.42. The average molecular weight is 356 g/mol. The molecule has 1 N–H and O–H groups in total. The van der Waals surface area contributed by atoms with Crippen LogP contribution in [0.5, 0.6) is 0 Å². The monoisotopic (exact) mass is 354 g/mol. The van der Waals surface area contributed by atoms with Crippen LogP contribution in [-0.4, -0.2) is 10.9 Å². The summed E-state index contributed by atoms with van der Waals surface area (Å²) in [6.45, 7) is 0. The normalized spacial score (nSPS) is 10.0. The van der Waals surface area contributed by atoms with Crippen molar-refractivity contribution in [1.29, 1.82) is 0 Å². The molecule has 1 amide bonds. The Morgan fingerprint density at radius 3 is 2.53 bits per heavy atom. The smallest absolute Gasteiger partial charge is 0.257 e. The SMILES string of the molecule is O=C(Nc1cccc(Br)n1)c1ccccc1Br. The van der Waals surface area contributed by atoms with Gasteiger partial charge in [-0.1, -0.05) is 18.2 Å². The molecule has 0 atom stereocenters. The van der Waals surface area contributed by atoms with E-state index in [1.54, 1.807) is 18.2 Å². The van der Waals surface area contributed by atoms with Gasteiger partial charge in [0.1, 0.15) is 10.4 Å². The lowest BCUT2D eigenvalue weighted by Gasteiger charge is -2.06. The van der Waals surface area contributed by atoms with E-state index < -0.39 is 0 Å². The Labute approximate surface area is 116 Å². The largest absolute Gasteiger partial charge is 0.306 e. The highest BCUT2D eigenvalue weighted by Gasteiger charge is 2.09. The summed E-state index contributed by atoms with van der Waals surface area (Å²) in [7, 11) is 0. The van der Waals surface area contributed by atoms with Gasteiger partial charge in [0.25, 0.3) is 5.91 Å². The number of anilines is 1. The first-order valence-electron chi connectivity index (χ1n) is 4.85. The fraction of sp³-hybridized carbons (Fsp3) is 0. The molecule has 2 rings (SSSR count). The summed E-state index contributed by atoms with van der Waals surface area (Å²) in [6.07, 6.45) is 0. The predicted octanol–water partition coefficient (Wildman–Crippen LogP) is 3.86. The van der Waals surface area contributed by atoms with Crippen molar-refractivity contribution >= 4 is 43.6 Å². The molecule has 0 bridgehead atoms. The van der Waals surface area contributed by atoms with E-state index in [0.29, 0.717) is 16.0 Å². The molecule has 1 aromatic heterocycles. The van der Waals surface area contributed by atoms with Crippen LogP contribution in [0.2, 0.25) is 0 Å². The van der Waals surface area contributed by atoms with Crippen molar-refractivity contribution in [2.75, 3.05) is 5.32 Å². The zero-order chi connectivity index (χ0) is 12.3. The number of benzene rings is 1. The van der Waals surface area contributed by atoms with E-state index in [2.05, 4.69) is 42.2 Å². The minimum atomic E-state index is -0.192. The Bertz CT molecular complexity index is 558. The van der Waals surface area contributed by atoms with Crippen LogP contribution in [0, 0.1) is 0 Å². The zero-order valence-electron chi connectivity index (χ0n) is 8.65. The molecule has 86 valence electrons. The fourth-order valence-corrected chi connectivity index (χ4v) is 2.12. The summed E-state index contributed by atoms with van der Waals surface area (Å²) in [4.78, 5) is 16.1. The first-order chi connectivity index (χ1) is 8.16. The highest BCUT2D eigenvalue weighted by Crippen LogP contribution is 2.17. The van der Waals surface area contributed by atoms with Crippen LogP contribution in [0.4, 0.5) is 5.82 Å². The standard InChI is InChI=1S/C12H8Br2N2O/c13-9-5-2-1-4-8(9)12(17)16-11-7-3-6-10(14)15-11/h1-7H,(H,15,16,17). The number of amides is 1. The van der Waals surface area contributed by atoms with Gasteiger partial charge in [-0.3, -0.25) is 4.79 Å². The van der Waals surface area contributed by atoms with E-state index in [1.165, 1.54) is 0 Å². The van der Waals surface area contributed by atoms with Crippen LogP contribution in [0.3, 0.4) is 0 Å². The molecule has 3 nitrogen and oxygen atoms in total. The number of pyridine rings is 1. The van der Waals surface area contributed by atoms with Gasteiger partial charge in [0.05, 0.1) is 5.56 Å². The second-order valence-corrected chi connectivity index (χ2v) is 4.95. The van der Waals surface area contributed by atoms with Gasteiger partial charge in [0.15, 0.2) is 0 Å². The van der Waals surface area contributed by atoms with Gasteiger partial charge in [-0.05, 0) is 56.1 Å². The molecule has 1 aromatic carbocycles. The maximum absolute atomic E-state index is 11.9. The molecule has 0 saturated heterocycles. The van der Waals surface area contributed by atoms with Crippen LogP contribution < -0.4 is 5.32 Å². The quantitative estimate of drug-likeness (QED) is 0.831. The molecular weight excluding hydrogens is 348 g/mol. The van der Waals surface area contributed by atoms with Crippen molar-refractivity contribution in [3.05, 3.63) is 57.1 Å². The summed E-state index contributed by atoms with van der Waals surface area (Å²) in [5.74, 6) is 0.322. The van der Waals surface area contributed by atoms with Crippen LogP contribution in [0.15, 0.2) is 51.5 Å². The first-order valence-corrected chi connectivity index (χ1v) is 6.44. The van der Waals surface area contributed by atoms with Gasteiger partial charge in [-0.25, -0.2) is 4.98 Å². The number of hydrogen-bond donors (Lipinski definition) is 1. The maximum atomic E-state index is 11.9. The van der Waals surface area contributed by atoms with Crippen LogP contribution in [0.25, 0.3) is 0 Å². The zero-order valence-corrected chi connectivity index (χ0v) is 11.8. The molecule has 1 heterocycles. The first kappa shape index (κ1) is 12.3. The molecule has 0 fully saturated rings. The Kier molecular flexibility index (Phi) is 3.91. The molecular formula is C12H8Br2N2O. The molecule has 0 aliphatic heterocycles. The summed E-state index contributed by atoms with van der Waals surface area (Å²) < 4.78 is 1.44. The van der Waals surface area contributed by atoms with E-state index in [1.807, 2.05) is 24.3 Å². The number of aromatic nitrogens is 1. The van der Waals surface area contributed by atoms with E-state index in [9.17, 15) is 4.79 Å². The van der Waals surface area contributed by atoms with Crippen molar-refractivity contribution in [3.8, 4) is 0 Å². The van der Waals surface area contributed by atoms with Gasteiger partial charge in [0.2, 0.25) is 0 Å². The molecule has 2 aromatic rings. The second-order valence-electron chi connectivity index (χ2n) is 3.28. The van der Waals surface area contributed by atoms with Crippen molar-refractivity contribution in [2.45, 2.75) is 0 Å². The third-order valence-electron chi connectivity index (χ3n) is 2.08. The molecule has 0 unspecified atom stereocenters. The minimum absolute atomic E-state index is 0.192. The molecule has 0 saturated carbocycles. The maximum Gasteiger partial charge on any atom is 0.257 e. The number of halogens is 2. The van der Waals surface area contributed by atoms with Gasteiger partial charge < -0.3 is 5.32 Å². The third-order valence-corrected chi connectivity index (χ3v) is 3.21. The van der Waals surface area contributed by atoms with Gasteiger partial charge in [-0.2, -0.15) is 0 Å². The molecule has 0 aliphatic carbocycles. The molecule has 0 radical (unpaired) electrons. The number of nitrogens with zero attached hydrogens (tertiary/aromatic N) is 1. The predicted molar refractivity (Wildman–Crippen MR) is 74.0 cm³/mol. The Balaban J connectivity index is 2.20. The van der Waals surface area contributed by atoms with Gasteiger partial charge in [-0.15, -0.1) is 0 Å². The third kappa shape index (κ3) is 3.14. The lowest BCUT2D eigenvalue weighted by Crippen LogP contribution is -2.13. The average Bonchev–Trinajstić information content (AvgIpc) is 2.29. The molecule has 0 aliphatic rings. The van der Waals surface area contributed by atoms with Crippen LogP contribution in [-0.2, 0) is 0 Å². The van der Waals surface area contributed by atoms with Crippen LogP contribution >= 0.6 is 31.9 Å². The number of hydrogen-bond acceptors (Lipinski definition) is 2. The summed E-state index contributed by atoms with van der Waals surface area (Å²) in [5, 5.41) is 2.73. The minimum Gasteiger partial charge on any atom is -0.306 e. The van der Waals surface area contributed by atoms with Crippen molar-refractivity contribution < 1.29 is 4.79 Å². The highest BCUT2D eigenvalue weighted by atomic mass is 79.9. The van der Waals surface area contributed by atoms with Crippen molar-refractivity contribution in [1.82, 2.24) is 4.98 Å². The Hall–Kier alpha value is -1.20. The Morgan fingerprint density at radius 2 is 1.82 bits per heavy atom.